The third kappa shape index (κ3) is 2.10. The smallest absolute Gasteiger partial charge is 0.0342 e. The number of rotatable bonds is 1. The lowest BCUT2D eigenvalue weighted by Gasteiger charge is -2.10. The third-order valence-electron chi connectivity index (χ3n) is 3.34. The van der Waals surface area contributed by atoms with Gasteiger partial charge >= 0.3 is 0 Å². The fraction of sp³-hybridized carbons (Fsp3) is 0.385. The van der Waals surface area contributed by atoms with E-state index in [4.69, 9.17) is 0 Å². The molecule has 0 bridgehead atoms. The number of nitrogens with zero attached hydrogens (tertiary/aromatic N) is 1. The van der Waals surface area contributed by atoms with Crippen molar-refractivity contribution in [2.45, 2.75) is 12.3 Å². The molecule has 3 heteroatoms. The maximum absolute atomic E-state index is 2.42. The normalized spacial score (nSPS) is 21.2. The van der Waals surface area contributed by atoms with Gasteiger partial charge in [0.1, 0.15) is 0 Å². The summed E-state index contributed by atoms with van der Waals surface area (Å²) in [5, 5.41) is 3.59. The second kappa shape index (κ2) is 4.74. The van der Waals surface area contributed by atoms with Crippen molar-refractivity contribution in [3.05, 3.63) is 35.2 Å². The van der Waals surface area contributed by atoms with E-state index in [-0.39, 0.29) is 12.4 Å². The summed E-state index contributed by atoms with van der Waals surface area (Å²) >= 11 is 1.83. The van der Waals surface area contributed by atoms with Crippen molar-refractivity contribution in [1.82, 2.24) is 4.90 Å². The van der Waals surface area contributed by atoms with Gasteiger partial charge in [0.05, 0.1) is 0 Å². The first kappa shape index (κ1) is 11.9. The Kier molecular flexibility index (Phi) is 3.53. The topological polar surface area (TPSA) is 3.24 Å². The summed E-state index contributed by atoms with van der Waals surface area (Å²) in [6.45, 7) is 2.46. The predicted molar refractivity (Wildman–Crippen MR) is 73.9 cm³/mol. The summed E-state index contributed by atoms with van der Waals surface area (Å²) in [7, 11) is 2.21. The van der Waals surface area contributed by atoms with Crippen molar-refractivity contribution in [2.24, 2.45) is 0 Å². The molecule has 0 amide bonds. The number of hydrogen-bond donors (Lipinski definition) is 0. The zero-order valence-corrected chi connectivity index (χ0v) is 11.0. The van der Waals surface area contributed by atoms with Gasteiger partial charge in [0, 0.05) is 11.2 Å². The van der Waals surface area contributed by atoms with Crippen molar-refractivity contribution < 1.29 is 0 Å². The highest BCUT2D eigenvalue weighted by Gasteiger charge is 2.20. The Morgan fingerprint density at radius 2 is 2.19 bits per heavy atom. The zero-order valence-electron chi connectivity index (χ0n) is 9.35. The molecule has 1 aliphatic rings. The van der Waals surface area contributed by atoms with Crippen molar-refractivity contribution in [3.63, 3.8) is 0 Å². The quantitative estimate of drug-likeness (QED) is 0.748. The molecule has 2 heterocycles. The minimum atomic E-state index is 0. The summed E-state index contributed by atoms with van der Waals surface area (Å²) in [4.78, 5) is 2.42. The highest BCUT2D eigenvalue weighted by molar-refractivity contribution is 7.17. The van der Waals surface area contributed by atoms with E-state index in [1.54, 1.807) is 0 Å². The molecular weight excluding hydrogens is 238 g/mol. The van der Waals surface area contributed by atoms with Gasteiger partial charge in [-0.2, -0.15) is 0 Å². The fourth-order valence-corrected chi connectivity index (χ4v) is 3.22. The average Bonchev–Trinajstić information content (AvgIpc) is 2.84. The number of fused-ring (bicyclic) bond motifs is 1. The van der Waals surface area contributed by atoms with Crippen LogP contribution in [-0.2, 0) is 0 Å². The van der Waals surface area contributed by atoms with E-state index >= 15 is 0 Å². The number of hydrogen-bond acceptors (Lipinski definition) is 2. The van der Waals surface area contributed by atoms with Crippen LogP contribution in [0.4, 0.5) is 0 Å². The SMILES string of the molecule is CN1CCC(c2ccc3sccc3c2)C1.Cl. The zero-order chi connectivity index (χ0) is 10.3. The molecule has 1 aromatic carbocycles. The molecule has 1 aliphatic heterocycles. The minimum Gasteiger partial charge on any atom is -0.306 e. The Morgan fingerprint density at radius 3 is 2.94 bits per heavy atom. The van der Waals surface area contributed by atoms with Crippen LogP contribution in [0.1, 0.15) is 17.9 Å². The van der Waals surface area contributed by atoms with E-state index in [0.717, 1.165) is 5.92 Å². The van der Waals surface area contributed by atoms with Crippen LogP contribution in [0.15, 0.2) is 29.6 Å². The van der Waals surface area contributed by atoms with E-state index in [0.29, 0.717) is 0 Å². The highest BCUT2D eigenvalue weighted by Crippen LogP contribution is 2.30. The Hall–Kier alpha value is -0.570. The molecule has 16 heavy (non-hydrogen) atoms. The molecular formula is C13H16ClNS. The van der Waals surface area contributed by atoms with Gasteiger partial charge in [0.25, 0.3) is 0 Å². The van der Waals surface area contributed by atoms with E-state index < -0.39 is 0 Å². The summed E-state index contributed by atoms with van der Waals surface area (Å²) < 4.78 is 1.41. The van der Waals surface area contributed by atoms with Gasteiger partial charge < -0.3 is 4.90 Å². The lowest BCUT2D eigenvalue weighted by molar-refractivity contribution is 0.411. The van der Waals surface area contributed by atoms with Gasteiger partial charge in [-0.05, 0) is 60.5 Å². The molecule has 0 aliphatic carbocycles. The first-order valence-electron chi connectivity index (χ1n) is 5.48. The van der Waals surface area contributed by atoms with Gasteiger partial charge in [-0.3, -0.25) is 0 Å². The van der Waals surface area contributed by atoms with Gasteiger partial charge in [0.15, 0.2) is 0 Å². The Balaban J connectivity index is 0.000000963. The number of likely N-dealkylation sites (N-methyl/N-ethyl adjacent to an activating group) is 1. The second-order valence-electron chi connectivity index (χ2n) is 4.47. The van der Waals surface area contributed by atoms with E-state index in [1.165, 1.54) is 35.2 Å². The Morgan fingerprint density at radius 1 is 1.31 bits per heavy atom. The maximum Gasteiger partial charge on any atom is 0.0342 e. The minimum absolute atomic E-state index is 0. The van der Waals surface area contributed by atoms with Gasteiger partial charge in [0.2, 0.25) is 0 Å². The van der Waals surface area contributed by atoms with E-state index in [9.17, 15) is 0 Å². The van der Waals surface area contributed by atoms with Crippen LogP contribution in [0, 0.1) is 0 Å². The monoisotopic (exact) mass is 253 g/mol. The summed E-state index contributed by atoms with van der Waals surface area (Å²) in [5.74, 6) is 0.749. The van der Waals surface area contributed by atoms with Gasteiger partial charge in [-0.25, -0.2) is 0 Å². The highest BCUT2D eigenvalue weighted by atomic mass is 35.5. The van der Waals surface area contributed by atoms with E-state index in [2.05, 4.69) is 41.6 Å². The van der Waals surface area contributed by atoms with Crippen LogP contribution in [0.5, 0.6) is 0 Å². The average molecular weight is 254 g/mol. The number of benzene rings is 1. The number of likely N-dealkylation sites (tertiary alicyclic amines) is 1. The molecule has 0 saturated carbocycles. The van der Waals surface area contributed by atoms with Gasteiger partial charge in [-0.1, -0.05) is 6.07 Å². The third-order valence-corrected chi connectivity index (χ3v) is 4.24. The molecule has 1 aromatic heterocycles. The molecule has 1 fully saturated rings. The van der Waals surface area contributed by atoms with Crippen LogP contribution < -0.4 is 0 Å². The van der Waals surface area contributed by atoms with Crippen LogP contribution in [0.25, 0.3) is 10.1 Å². The molecule has 86 valence electrons. The lowest BCUT2D eigenvalue weighted by atomic mass is 9.97. The van der Waals surface area contributed by atoms with Crippen LogP contribution in [0.3, 0.4) is 0 Å². The lowest BCUT2D eigenvalue weighted by Crippen LogP contribution is -2.13. The first-order chi connectivity index (χ1) is 7.33. The van der Waals surface area contributed by atoms with Crippen molar-refractivity contribution in [3.8, 4) is 0 Å². The fourth-order valence-electron chi connectivity index (χ4n) is 2.45. The van der Waals surface area contributed by atoms with Crippen LogP contribution in [-0.4, -0.2) is 25.0 Å². The molecule has 2 aromatic rings. The number of thiophene rings is 1. The molecule has 0 spiro atoms. The predicted octanol–water partition coefficient (Wildman–Crippen LogP) is 3.74. The molecule has 0 radical (unpaired) electrons. The van der Waals surface area contributed by atoms with E-state index in [1.807, 2.05) is 11.3 Å². The molecule has 1 atom stereocenters. The summed E-state index contributed by atoms with van der Waals surface area (Å²) in [6, 6.07) is 9.17. The first-order valence-corrected chi connectivity index (χ1v) is 6.36. The van der Waals surface area contributed by atoms with Crippen LogP contribution in [0.2, 0.25) is 0 Å². The van der Waals surface area contributed by atoms with Crippen molar-refractivity contribution in [1.29, 1.82) is 0 Å². The number of halogens is 1. The van der Waals surface area contributed by atoms with Crippen molar-refractivity contribution >= 4 is 33.8 Å². The molecule has 1 saturated heterocycles. The second-order valence-corrected chi connectivity index (χ2v) is 5.41. The van der Waals surface area contributed by atoms with Gasteiger partial charge in [-0.15, -0.1) is 23.7 Å². The standard InChI is InChI=1S/C13H15NS.ClH/c1-14-6-4-12(9-14)10-2-3-13-11(8-10)5-7-15-13;/h2-3,5,7-8,12H,4,6,9H2,1H3;1H. The molecule has 0 N–H and O–H groups in total. The molecule has 1 nitrogen and oxygen atoms in total. The summed E-state index contributed by atoms with van der Waals surface area (Å²) in [5.41, 5.74) is 1.52. The Bertz CT molecular complexity index is 479. The maximum atomic E-state index is 2.42. The molecule has 3 rings (SSSR count). The molecule has 1 unspecified atom stereocenters. The summed E-state index contributed by atoms with van der Waals surface area (Å²) in [6.07, 6.45) is 1.31. The largest absolute Gasteiger partial charge is 0.306 e. The van der Waals surface area contributed by atoms with Crippen molar-refractivity contribution in [2.75, 3.05) is 20.1 Å². The van der Waals surface area contributed by atoms with Crippen LogP contribution >= 0.6 is 23.7 Å². The Labute approximate surface area is 106 Å².